The number of amides is 1. The Kier molecular flexibility index (Phi) is 2.84. The SMILES string of the molecule is CCCC1N=C(C(C)C)NC1=O. The molecule has 0 aromatic heterocycles. The average molecular weight is 168 g/mol. The number of amidine groups is 1. The molecule has 0 saturated heterocycles. The zero-order valence-corrected chi connectivity index (χ0v) is 7.92. The Morgan fingerprint density at radius 3 is 2.67 bits per heavy atom. The van der Waals surface area contributed by atoms with Crippen LogP contribution in [-0.4, -0.2) is 17.8 Å². The first-order chi connectivity index (χ1) is 5.65. The quantitative estimate of drug-likeness (QED) is 0.678. The van der Waals surface area contributed by atoms with Gasteiger partial charge < -0.3 is 5.32 Å². The van der Waals surface area contributed by atoms with Crippen molar-refractivity contribution in [3.05, 3.63) is 0 Å². The number of carbonyl (C=O) groups is 1. The van der Waals surface area contributed by atoms with Gasteiger partial charge in [0.05, 0.1) is 0 Å². The lowest BCUT2D eigenvalue weighted by Gasteiger charge is -2.01. The van der Waals surface area contributed by atoms with Crippen molar-refractivity contribution in [2.75, 3.05) is 0 Å². The van der Waals surface area contributed by atoms with Gasteiger partial charge in [-0.1, -0.05) is 27.2 Å². The first-order valence-electron chi connectivity index (χ1n) is 4.53. The summed E-state index contributed by atoms with van der Waals surface area (Å²) < 4.78 is 0. The number of carbonyl (C=O) groups excluding carboxylic acids is 1. The first-order valence-corrected chi connectivity index (χ1v) is 4.53. The summed E-state index contributed by atoms with van der Waals surface area (Å²) in [7, 11) is 0. The van der Waals surface area contributed by atoms with E-state index in [-0.39, 0.29) is 11.9 Å². The summed E-state index contributed by atoms with van der Waals surface area (Å²) in [6, 6.07) is -0.118. The van der Waals surface area contributed by atoms with Crippen LogP contribution in [0.5, 0.6) is 0 Å². The smallest absolute Gasteiger partial charge is 0.250 e. The molecule has 1 aliphatic rings. The van der Waals surface area contributed by atoms with Gasteiger partial charge in [-0.2, -0.15) is 0 Å². The number of nitrogens with one attached hydrogen (secondary N) is 1. The summed E-state index contributed by atoms with van der Waals surface area (Å²) in [4.78, 5) is 15.6. The lowest BCUT2D eigenvalue weighted by atomic mass is 10.2. The van der Waals surface area contributed by atoms with Crippen molar-refractivity contribution in [1.29, 1.82) is 0 Å². The molecule has 0 aromatic carbocycles. The van der Waals surface area contributed by atoms with E-state index in [0.717, 1.165) is 18.7 Å². The Hall–Kier alpha value is -0.860. The molecule has 1 rings (SSSR count). The molecule has 0 aliphatic carbocycles. The average Bonchev–Trinajstić information content (AvgIpc) is 2.34. The van der Waals surface area contributed by atoms with Crippen molar-refractivity contribution < 1.29 is 4.79 Å². The second-order valence-corrected chi connectivity index (χ2v) is 3.46. The summed E-state index contributed by atoms with van der Waals surface area (Å²) in [5.74, 6) is 1.25. The summed E-state index contributed by atoms with van der Waals surface area (Å²) >= 11 is 0. The Labute approximate surface area is 73.3 Å². The minimum absolute atomic E-state index is 0.0700. The maximum Gasteiger partial charge on any atom is 0.250 e. The third kappa shape index (κ3) is 1.84. The van der Waals surface area contributed by atoms with Crippen LogP contribution >= 0.6 is 0 Å². The molecule has 1 atom stereocenters. The van der Waals surface area contributed by atoms with Crippen molar-refractivity contribution in [2.45, 2.75) is 39.7 Å². The molecule has 1 aliphatic heterocycles. The van der Waals surface area contributed by atoms with Gasteiger partial charge in [0, 0.05) is 5.92 Å². The van der Waals surface area contributed by atoms with Crippen LogP contribution in [0.4, 0.5) is 0 Å². The summed E-state index contributed by atoms with van der Waals surface area (Å²) in [5.41, 5.74) is 0. The third-order valence-electron chi connectivity index (χ3n) is 1.96. The predicted octanol–water partition coefficient (Wildman–Crippen LogP) is 1.34. The van der Waals surface area contributed by atoms with Crippen LogP contribution in [0.3, 0.4) is 0 Å². The van der Waals surface area contributed by atoms with Gasteiger partial charge in [0.1, 0.15) is 11.9 Å². The molecule has 0 saturated carbocycles. The monoisotopic (exact) mass is 168 g/mol. The Balaban J connectivity index is 2.60. The van der Waals surface area contributed by atoms with Crippen molar-refractivity contribution in [3.63, 3.8) is 0 Å². The molecule has 12 heavy (non-hydrogen) atoms. The zero-order valence-electron chi connectivity index (χ0n) is 7.92. The highest BCUT2D eigenvalue weighted by molar-refractivity contribution is 6.06. The summed E-state index contributed by atoms with van der Waals surface area (Å²) in [6.45, 7) is 6.14. The normalized spacial score (nSPS) is 22.8. The van der Waals surface area contributed by atoms with Gasteiger partial charge in [-0.25, -0.2) is 0 Å². The molecule has 1 heterocycles. The molecule has 3 nitrogen and oxygen atoms in total. The van der Waals surface area contributed by atoms with Crippen molar-refractivity contribution in [3.8, 4) is 0 Å². The highest BCUT2D eigenvalue weighted by Crippen LogP contribution is 2.10. The molecular weight excluding hydrogens is 152 g/mol. The Morgan fingerprint density at radius 2 is 2.25 bits per heavy atom. The standard InChI is InChI=1S/C9H16N2O/c1-4-5-7-9(12)11-8(10-7)6(2)3/h6-7H,4-5H2,1-3H3,(H,10,11,12). The molecule has 0 spiro atoms. The second kappa shape index (κ2) is 3.70. The lowest BCUT2D eigenvalue weighted by molar-refractivity contribution is -0.120. The van der Waals surface area contributed by atoms with Crippen LogP contribution < -0.4 is 5.32 Å². The van der Waals surface area contributed by atoms with E-state index in [1.165, 1.54) is 0 Å². The van der Waals surface area contributed by atoms with E-state index < -0.39 is 0 Å². The molecule has 3 heteroatoms. The Morgan fingerprint density at radius 1 is 1.58 bits per heavy atom. The van der Waals surface area contributed by atoms with Gasteiger partial charge in [-0.05, 0) is 6.42 Å². The van der Waals surface area contributed by atoms with Crippen LogP contribution in [0.2, 0.25) is 0 Å². The fourth-order valence-corrected chi connectivity index (χ4v) is 1.23. The van der Waals surface area contributed by atoms with Crippen LogP contribution in [-0.2, 0) is 4.79 Å². The fraction of sp³-hybridized carbons (Fsp3) is 0.778. The molecule has 0 bridgehead atoms. The fourth-order valence-electron chi connectivity index (χ4n) is 1.23. The van der Waals surface area contributed by atoms with E-state index in [4.69, 9.17) is 0 Å². The first kappa shape index (κ1) is 9.23. The minimum Gasteiger partial charge on any atom is -0.312 e. The van der Waals surface area contributed by atoms with Gasteiger partial charge in [0.25, 0.3) is 0 Å². The largest absolute Gasteiger partial charge is 0.312 e. The van der Waals surface area contributed by atoms with Gasteiger partial charge in [0.15, 0.2) is 0 Å². The maximum absolute atomic E-state index is 11.3. The maximum atomic E-state index is 11.3. The van der Waals surface area contributed by atoms with E-state index in [0.29, 0.717) is 5.92 Å². The number of hydrogen-bond donors (Lipinski definition) is 1. The van der Waals surface area contributed by atoms with Crippen molar-refractivity contribution in [1.82, 2.24) is 5.32 Å². The summed E-state index contributed by atoms with van der Waals surface area (Å²) in [5, 5.41) is 2.80. The van der Waals surface area contributed by atoms with E-state index in [2.05, 4.69) is 17.2 Å². The van der Waals surface area contributed by atoms with Crippen LogP contribution in [0, 0.1) is 5.92 Å². The van der Waals surface area contributed by atoms with Gasteiger partial charge in [-0.15, -0.1) is 0 Å². The van der Waals surface area contributed by atoms with Crippen LogP contribution in [0.1, 0.15) is 33.6 Å². The molecule has 68 valence electrons. The topological polar surface area (TPSA) is 41.5 Å². The number of hydrogen-bond acceptors (Lipinski definition) is 2. The van der Waals surface area contributed by atoms with E-state index in [1.54, 1.807) is 0 Å². The Bertz CT molecular complexity index is 209. The molecule has 0 radical (unpaired) electrons. The van der Waals surface area contributed by atoms with Crippen LogP contribution in [0.25, 0.3) is 0 Å². The number of rotatable bonds is 3. The van der Waals surface area contributed by atoms with Gasteiger partial charge in [-0.3, -0.25) is 9.79 Å². The molecule has 1 unspecified atom stereocenters. The second-order valence-electron chi connectivity index (χ2n) is 3.46. The lowest BCUT2D eigenvalue weighted by Crippen LogP contribution is -2.30. The predicted molar refractivity (Wildman–Crippen MR) is 49.1 cm³/mol. The highest BCUT2D eigenvalue weighted by Gasteiger charge is 2.26. The minimum atomic E-state index is -0.118. The molecule has 1 amide bonds. The van der Waals surface area contributed by atoms with Crippen molar-refractivity contribution in [2.24, 2.45) is 10.9 Å². The number of nitrogens with zero attached hydrogens (tertiary/aromatic N) is 1. The van der Waals surface area contributed by atoms with E-state index in [9.17, 15) is 4.79 Å². The van der Waals surface area contributed by atoms with Gasteiger partial charge >= 0.3 is 0 Å². The van der Waals surface area contributed by atoms with Crippen molar-refractivity contribution >= 4 is 11.7 Å². The molecular formula is C9H16N2O. The van der Waals surface area contributed by atoms with Crippen LogP contribution in [0.15, 0.2) is 4.99 Å². The zero-order chi connectivity index (χ0) is 9.14. The molecule has 0 fully saturated rings. The third-order valence-corrected chi connectivity index (χ3v) is 1.96. The number of aliphatic imine (C=N–C) groups is 1. The van der Waals surface area contributed by atoms with E-state index >= 15 is 0 Å². The van der Waals surface area contributed by atoms with Gasteiger partial charge in [0.2, 0.25) is 5.91 Å². The van der Waals surface area contributed by atoms with E-state index in [1.807, 2.05) is 13.8 Å². The molecule has 1 N–H and O–H groups in total. The summed E-state index contributed by atoms with van der Waals surface area (Å²) in [6.07, 6.45) is 1.87. The molecule has 0 aromatic rings. The highest BCUT2D eigenvalue weighted by atomic mass is 16.2.